The van der Waals surface area contributed by atoms with Gasteiger partial charge in [0.25, 0.3) is 0 Å². The summed E-state index contributed by atoms with van der Waals surface area (Å²) in [6, 6.07) is 7.95. The molecule has 38 heavy (non-hydrogen) atoms. The molecule has 1 aromatic carbocycles. The zero-order valence-corrected chi connectivity index (χ0v) is 22.7. The maximum Gasteiger partial charge on any atom is 0.242 e. The fraction of sp³-hybridized carbons (Fsp3) is 0.520. The van der Waals surface area contributed by atoms with Crippen molar-refractivity contribution in [1.29, 1.82) is 0 Å². The average Bonchev–Trinajstić information content (AvgIpc) is 3.61. The van der Waals surface area contributed by atoms with Crippen molar-refractivity contribution < 1.29 is 23.1 Å². The Hall–Kier alpha value is -3.13. The van der Waals surface area contributed by atoms with Crippen LogP contribution in [0.1, 0.15) is 32.4 Å². The van der Waals surface area contributed by atoms with Gasteiger partial charge in [0.15, 0.2) is 0 Å². The molecule has 0 saturated carbocycles. The van der Waals surface area contributed by atoms with E-state index < -0.39 is 16.1 Å². The number of nitrogens with zero attached hydrogens (tertiary/aromatic N) is 7. The molecule has 0 fully saturated rings. The van der Waals surface area contributed by atoms with E-state index in [2.05, 4.69) is 15.4 Å². The average molecular weight is 546 g/mol. The van der Waals surface area contributed by atoms with Crippen LogP contribution in [-0.4, -0.2) is 92.3 Å². The largest absolute Gasteiger partial charge is 0.394 e. The van der Waals surface area contributed by atoms with Crippen LogP contribution in [0, 0.1) is 5.92 Å². The summed E-state index contributed by atoms with van der Waals surface area (Å²) >= 11 is 0. The molecule has 12 nitrogen and oxygen atoms in total. The number of aliphatic hydroxyl groups is 1. The van der Waals surface area contributed by atoms with Crippen molar-refractivity contribution in [1.82, 2.24) is 34.0 Å². The summed E-state index contributed by atoms with van der Waals surface area (Å²) in [6.45, 7) is 4.67. The predicted octanol–water partition coefficient (Wildman–Crippen LogP) is 1.31. The van der Waals surface area contributed by atoms with Gasteiger partial charge in [-0.15, -0.1) is 5.10 Å². The molecular formula is C25H35N7O5S. The van der Waals surface area contributed by atoms with Crippen molar-refractivity contribution in [2.75, 3.05) is 26.7 Å². The van der Waals surface area contributed by atoms with E-state index >= 15 is 0 Å². The summed E-state index contributed by atoms with van der Waals surface area (Å²) in [6.07, 6.45) is 5.41. The van der Waals surface area contributed by atoms with Gasteiger partial charge in [0, 0.05) is 51.4 Å². The first-order valence-corrected chi connectivity index (χ1v) is 14.1. The molecule has 1 amide bonds. The number of rotatable bonds is 7. The van der Waals surface area contributed by atoms with Crippen LogP contribution in [0.25, 0.3) is 5.69 Å². The van der Waals surface area contributed by atoms with E-state index in [9.17, 15) is 18.3 Å². The highest BCUT2D eigenvalue weighted by Crippen LogP contribution is 2.22. The highest BCUT2D eigenvalue weighted by molar-refractivity contribution is 7.89. The van der Waals surface area contributed by atoms with Gasteiger partial charge in [-0.1, -0.05) is 12.1 Å². The molecule has 1 aliphatic rings. The van der Waals surface area contributed by atoms with E-state index in [0.717, 1.165) is 11.4 Å². The second-order valence-electron chi connectivity index (χ2n) is 9.69. The number of amides is 1. The van der Waals surface area contributed by atoms with Crippen LogP contribution in [0.15, 0.2) is 53.8 Å². The summed E-state index contributed by atoms with van der Waals surface area (Å²) in [5.41, 5.74) is 1.51. The van der Waals surface area contributed by atoms with Gasteiger partial charge in [0.1, 0.15) is 0 Å². The lowest BCUT2D eigenvalue weighted by atomic mass is 10.0. The van der Waals surface area contributed by atoms with Crippen LogP contribution in [0.3, 0.4) is 0 Å². The number of benzene rings is 1. The van der Waals surface area contributed by atoms with E-state index in [1.54, 1.807) is 70.1 Å². The minimum Gasteiger partial charge on any atom is -0.394 e. The molecule has 0 saturated heterocycles. The third-order valence-corrected chi connectivity index (χ3v) is 8.73. The molecule has 1 N–H and O–H groups in total. The molecule has 13 heteroatoms. The Morgan fingerprint density at radius 1 is 1.26 bits per heavy atom. The zero-order chi connectivity index (χ0) is 27.3. The number of hydrogen-bond donors (Lipinski definition) is 1. The molecule has 4 rings (SSSR count). The van der Waals surface area contributed by atoms with Gasteiger partial charge in [-0.2, -0.15) is 9.40 Å². The van der Waals surface area contributed by atoms with Crippen LogP contribution >= 0.6 is 0 Å². The number of likely N-dealkylation sites (N-methyl/N-ethyl adjacent to an activating group) is 1. The van der Waals surface area contributed by atoms with Crippen LogP contribution in [0.4, 0.5) is 0 Å². The molecule has 3 heterocycles. The Morgan fingerprint density at radius 3 is 2.71 bits per heavy atom. The topological polar surface area (TPSA) is 136 Å². The van der Waals surface area contributed by atoms with Gasteiger partial charge in [-0.05, 0) is 43.7 Å². The number of aromatic nitrogens is 5. The van der Waals surface area contributed by atoms with Crippen molar-refractivity contribution in [2.24, 2.45) is 5.92 Å². The Morgan fingerprint density at radius 2 is 2.03 bits per heavy atom. The number of carbonyl (C=O) groups excluding carboxylic acids is 1. The third kappa shape index (κ3) is 6.29. The van der Waals surface area contributed by atoms with Crippen molar-refractivity contribution in [3.05, 3.63) is 54.6 Å². The number of aliphatic hydroxyl groups excluding tert-OH is 1. The fourth-order valence-electron chi connectivity index (χ4n) is 4.47. The molecule has 0 spiro atoms. The van der Waals surface area contributed by atoms with E-state index in [0.29, 0.717) is 25.9 Å². The number of fused-ring (bicyclic) bond motifs is 1. The number of sulfonamides is 1. The standard InChI is InChI=1S/C25H35N7O5S/c1-19-15-30(20(2)17-33)25(34)6-4-12-32-22(14-26-28-32)18-37-24(19)16-29(3)38(35,36)23-9-7-21(8-10-23)31-13-5-11-27-31/h5,7-11,13-14,19-20,24,33H,4,6,12,15-18H2,1-3H3/t19-,20+,24+/m0/s1. The van der Waals surface area contributed by atoms with E-state index in [1.807, 2.05) is 6.92 Å². The molecule has 0 radical (unpaired) electrons. The minimum atomic E-state index is -3.82. The molecule has 206 valence electrons. The van der Waals surface area contributed by atoms with E-state index in [1.165, 1.54) is 11.4 Å². The van der Waals surface area contributed by atoms with Gasteiger partial charge < -0.3 is 14.7 Å². The number of aryl methyl sites for hydroxylation is 1. The van der Waals surface area contributed by atoms with E-state index in [4.69, 9.17) is 4.74 Å². The smallest absolute Gasteiger partial charge is 0.242 e. The van der Waals surface area contributed by atoms with Crippen molar-refractivity contribution >= 4 is 15.9 Å². The first-order valence-electron chi connectivity index (χ1n) is 12.7. The molecule has 0 unspecified atom stereocenters. The van der Waals surface area contributed by atoms with Gasteiger partial charge >= 0.3 is 0 Å². The van der Waals surface area contributed by atoms with Gasteiger partial charge in [-0.3, -0.25) is 4.79 Å². The number of hydrogen-bond acceptors (Lipinski definition) is 8. The molecule has 1 aliphatic heterocycles. The van der Waals surface area contributed by atoms with Crippen molar-refractivity contribution in [3.8, 4) is 5.69 Å². The monoisotopic (exact) mass is 545 g/mol. The molecule has 0 aliphatic carbocycles. The van der Waals surface area contributed by atoms with Crippen LogP contribution < -0.4 is 0 Å². The summed E-state index contributed by atoms with van der Waals surface area (Å²) in [5.74, 6) is -0.297. The molecular weight excluding hydrogens is 510 g/mol. The third-order valence-electron chi connectivity index (χ3n) is 6.89. The van der Waals surface area contributed by atoms with Crippen LogP contribution in [0.5, 0.6) is 0 Å². The predicted molar refractivity (Wildman–Crippen MR) is 139 cm³/mol. The molecule has 3 aromatic rings. The first-order chi connectivity index (χ1) is 18.2. The highest BCUT2D eigenvalue weighted by atomic mass is 32.2. The second kappa shape index (κ2) is 12.2. The Bertz CT molecular complexity index is 1290. The zero-order valence-electron chi connectivity index (χ0n) is 21.9. The Kier molecular flexibility index (Phi) is 8.92. The lowest BCUT2D eigenvalue weighted by Crippen LogP contribution is -2.47. The maximum absolute atomic E-state index is 13.4. The van der Waals surface area contributed by atoms with Crippen LogP contribution in [-0.2, 0) is 32.7 Å². The fourth-order valence-corrected chi connectivity index (χ4v) is 5.65. The summed E-state index contributed by atoms with van der Waals surface area (Å²) < 4.78 is 37.8. The number of carbonyl (C=O) groups is 1. The van der Waals surface area contributed by atoms with E-state index in [-0.39, 0.29) is 42.5 Å². The maximum atomic E-state index is 13.4. The highest BCUT2D eigenvalue weighted by Gasteiger charge is 2.31. The molecule has 0 bridgehead atoms. The van der Waals surface area contributed by atoms with Crippen molar-refractivity contribution in [3.63, 3.8) is 0 Å². The van der Waals surface area contributed by atoms with Gasteiger partial charge in [-0.25, -0.2) is 17.8 Å². The lowest BCUT2D eigenvalue weighted by molar-refractivity contribution is -0.136. The quantitative estimate of drug-likeness (QED) is 0.469. The SMILES string of the molecule is C[C@H](CO)N1C[C@H](C)[C@@H](CN(C)S(=O)(=O)c2ccc(-n3cccn3)cc2)OCc2cnnn2CCCC1=O. The Balaban J connectivity index is 1.56. The summed E-state index contributed by atoms with van der Waals surface area (Å²) in [5, 5.41) is 22.0. The first kappa shape index (κ1) is 27.9. The van der Waals surface area contributed by atoms with Crippen molar-refractivity contribution in [2.45, 2.75) is 56.9 Å². The normalized spacial score (nSPS) is 20.6. The second-order valence-corrected chi connectivity index (χ2v) is 11.7. The summed E-state index contributed by atoms with van der Waals surface area (Å²) in [4.78, 5) is 14.8. The minimum absolute atomic E-state index is 0.0709. The Labute approximate surface area is 222 Å². The van der Waals surface area contributed by atoms with Gasteiger partial charge in [0.2, 0.25) is 15.9 Å². The van der Waals surface area contributed by atoms with Crippen LogP contribution in [0.2, 0.25) is 0 Å². The summed E-state index contributed by atoms with van der Waals surface area (Å²) in [7, 11) is -2.30. The molecule has 3 atom stereocenters. The molecule has 2 aromatic heterocycles. The van der Waals surface area contributed by atoms with Gasteiger partial charge in [0.05, 0.1) is 47.8 Å². The number of ether oxygens (including phenoxy) is 1. The lowest BCUT2D eigenvalue weighted by Gasteiger charge is -2.35.